The molecule has 1 aliphatic rings. The molecule has 0 saturated heterocycles. The first-order chi connectivity index (χ1) is 9.15. The summed E-state index contributed by atoms with van der Waals surface area (Å²) < 4.78 is 2.17. The lowest BCUT2D eigenvalue weighted by Crippen LogP contribution is -2.27. The minimum absolute atomic E-state index is 0.224. The molecule has 0 bridgehead atoms. The van der Waals surface area contributed by atoms with Gasteiger partial charge >= 0.3 is 0 Å². The van der Waals surface area contributed by atoms with E-state index in [9.17, 15) is 0 Å². The van der Waals surface area contributed by atoms with Gasteiger partial charge in [0.25, 0.3) is 0 Å². The van der Waals surface area contributed by atoms with Gasteiger partial charge in [-0.15, -0.1) is 11.6 Å². The van der Waals surface area contributed by atoms with E-state index in [2.05, 4.69) is 29.2 Å². The van der Waals surface area contributed by atoms with Gasteiger partial charge in [0.2, 0.25) is 0 Å². The van der Waals surface area contributed by atoms with Gasteiger partial charge in [-0.05, 0) is 39.2 Å². The average Bonchev–Trinajstić information content (AvgIpc) is 2.85. The van der Waals surface area contributed by atoms with Crippen LogP contribution in [0.5, 0.6) is 0 Å². The van der Waals surface area contributed by atoms with Crippen molar-refractivity contribution < 1.29 is 0 Å². The zero-order valence-electron chi connectivity index (χ0n) is 12.1. The van der Waals surface area contributed by atoms with E-state index in [-0.39, 0.29) is 5.38 Å². The van der Waals surface area contributed by atoms with Gasteiger partial charge in [0.05, 0.1) is 11.7 Å². The number of aromatic nitrogens is 2. The highest BCUT2D eigenvalue weighted by Crippen LogP contribution is 2.27. The second-order valence-electron chi connectivity index (χ2n) is 5.88. The summed E-state index contributed by atoms with van der Waals surface area (Å²) >= 11 is 6.00. The number of halogens is 1. The zero-order chi connectivity index (χ0) is 13.7. The van der Waals surface area contributed by atoms with E-state index in [1.54, 1.807) is 0 Å². The van der Waals surface area contributed by atoms with Gasteiger partial charge in [-0.2, -0.15) is 5.10 Å². The normalized spacial score (nSPS) is 20.4. The van der Waals surface area contributed by atoms with Crippen LogP contribution in [0.4, 0.5) is 0 Å². The molecule has 1 N–H and O–H groups in total. The van der Waals surface area contributed by atoms with Crippen molar-refractivity contribution in [2.24, 2.45) is 0 Å². The average molecular weight is 284 g/mol. The Morgan fingerprint density at radius 3 is 2.79 bits per heavy atom. The summed E-state index contributed by atoms with van der Waals surface area (Å²) in [4.78, 5) is 0. The van der Waals surface area contributed by atoms with Crippen LogP contribution in [0.15, 0.2) is 12.3 Å². The van der Waals surface area contributed by atoms with Crippen molar-refractivity contribution in [3.05, 3.63) is 18.0 Å². The number of nitrogens with one attached hydrogen (secondary N) is 1. The van der Waals surface area contributed by atoms with E-state index in [0.29, 0.717) is 12.1 Å². The van der Waals surface area contributed by atoms with Crippen LogP contribution >= 0.6 is 11.6 Å². The predicted molar refractivity (Wildman–Crippen MR) is 80.6 cm³/mol. The molecule has 0 radical (unpaired) electrons. The van der Waals surface area contributed by atoms with Crippen molar-refractivity contribution in [3.8, 4) is 0 Å². The first-order valence-electron chi connectivity index (χ1n) is 7.56. The van der Waals surface area contributed by atoms with E-state index in [0.717, 1.165) is 18.7 Å². The Labute approximate surface area is 121 Å². The van der Waals surface area contributed by atoms with Crippen molar-refractivity contribution >= 4 is 11.6 Å². The molecular formula is C15H26ClN3. The fourth-order valence-electron chi connectivity index (χ4n) is 2.87. The third-order valence-corrected chi connectivity index (χ3v) is 4.10. The maximum absolute atomic E-state index is 6.00. The number of alkyl halides is 1. The maximum atomic E-state index is 6.00. The van der Waals surface area contributed by atoms with Crippen LogP contribution in [0, 0.1) is 0 Å². The Balaban J connectivity index is 1.80. The molecule has 19 heavy (non-hydrogen) atoms. The summed E-state index contributed by atoms with van der Waals surface area (Å²) in [6.45, 7) is 5.05. The van der Waals surface area contributed by atoms with Crippen LogP contribution in [0.2, 0.25) is 0 Å². The molecule has 1 heterocycles. The first kappa shape index (κ1) is 14.9. The molecule has 1 fully saturated rings. The van der Waals surface area contributed by atoms with E-state index in [4.69, 9.17) is 16.7 Å². The summed E-state index contributed by atoms with van der Waals surface area (Å²) in [6.07, 6.45) is 9.79. The molecule has 1 saturated carbocycles. The lowest BCUT2D eigenvalue weighted by atomic mass is 9.96. The largest absolute Gasteiger partial charge is 0.309 e. The number of rotatable bonds is 6. The van der Waals surface area contributed by atoms with E-state index in [1.165, 1.54) is 32.1 Å². The summed E-state index contributed by atoms with van der Waals surface area (Å²) in [7, 11) is 0. The van der Waals surface area contributed by atoms with Crippen molar-refractivity contribution in [1.29, 1.82) is 0 Å². The fraction of sp³-hybridized carbons (Fsp3) is 0.800. The topological polar surface area (TPSA) is 29.9 Å². The third-order valence-electron chi connectivity index (χ3n) is 3.92. The molecule has 2 rings (SSSR count). The molecule has 2 unspecified atom stereocenters. The summed E-state index contributed by atoms with van der Waals surface area (Å²) in [5.41, 5.74) is 1.14. The van der Waals surface area contributed by atoms with Crippen LogP contribution in [0.25, 0.3) is 0 Å². The van der Waals surface area contributed by atoms with E-state index < -0.39 is 0 Å². The van der Waals surface area contributed by atoms with E-state index in [1.807, 2.05) is 6.92 Å². The van der Waals surface area contributed by atoms with Gasteiger partial charge < -0.3 is 5.32 Å². The number of hydrogen-bond donors (Lipinski definition) is 1. The smallest absolute Gasteiger partial charge is 0.0762 e. The molecule has 0 aromatic carbocycles. The van der Waals surface area contributed by atoms with Crippen molar-refractivity contribution in [1.82, 2.24) is 15.1 Å². The second kappa shape index (κ2) is 7.30. The standard InChI is InChI=1S/C15H26ClN3/c1-12(16)10-13(2)17-11-14-8-9-19(18-14)15-6-4-3-5-7-15/h8-9,12-13,15,17H,3-7,10-11H2,1-2H3. The third kappa shape index (κ3) is 4.81. The van der Waals surface area contributed by atoms with Crippen LogP contribution in [0.1, 0.15) is 64.1 Å². The minimum Gasteiger partial charge on any atom is -0.309 e. The van der Waals surface area contributed by atoms with Gasteiger partial charge in [0.15, 0.2) is 0 Å². The van der Waals surface area contributed by atoms with Crippen LogP contribution in [0.3, 0.4) is 0 Å². The summed E-state index contributed by atoms with van der Waals surface area (Å²) in [5.74, 6) is 0. The van der Waals surface area contributed by atoms with Crippen molar-refractivity contribution in [3.63, 3.8) is 0 Å². The van der Waals surface area contributed by atoms with Crippen molar-refractivity contribution in [2.75, 3.05) is 0 Å². The van der Waals surface area contributed by atoms with Crippen molar-refractivity contribution in [2.45, 2.75) is 76.4 Å². The quantitative estimate of drug-likeness (QED) is 0.803. The molecule has 1 aromatic rings. The highest BCUT2D eigenvalue weighted by molar-refractivity contribution is 6.20. The Bertz CT molecular complexity index is 369. The lowest BCUT2D eigenvalue weighted by Gasteiger charge is -2.21. The first-order valence-corrected chi connectivity index (χ1v) is 8.00. The number of hydrogen-bond acceptors (Lipinski definition) is 2. The van der Waals surface area contributed by atoms with Gasteiger partial charge in [0.1, 0.15) is 0 Å². The monoisotopic (exact) mass is 283 g/mol. The molecule has 1 aromatic heterocycles. The SMILES string of the molecule is CC(Cl)CC(C)NCc1ccn(C2CCCCC2)n1. The van der Waals surface area contributed by atoms with Crippen LogP contribution in [-0.4, -0.2) is 21.2 Å². The Hall–Kier alpha value is -0.540. The molecule has 1 aliphatic carbocycles. The molecule has 4 heteroatoms. The van der Waals surface area contributed by atoms with Crippen LogP contribution in [-0.2, 0) is 6.54 Å². The predicted octanol–water partition coefficient (Wildman–Crippen LogP) is 3.88. The van der Waals surface area contributed by atoms with Crippen LogP contribution < -0.4 is 5.32 Å². The molecule has 0 spiro atoms. The number of nitrogens with zero attached hydrogens (tertiary/aromatic N) is 2. The molecule has 3 nitrogen and oxygen atoms in total. The zero-order valence-corrected chi connectivity index (χ0v) is 12.9. The van der Waals surface area contributed by atoms with Gasteiger partial charge in [-0.3, -0.25) is 4.68 Å². The maximum Gasteiger partial charge on any atom is 0.0762 e. The molecule has 2 atom stereocenters. The molecule has 108 valence electrons. The second-order valence-corrected chi connectivity index (χ2v) is 6.62. The summed E-state index contributed by atoms with van der Waals surface area (Å²) in [6, 6.07) is 3.20. The minimum atomic E-state index is 0.224. The summed E-state index contributed by atoms with van der Waals surface area (Å²) in [5, 5.41) is 8.42. The Kier molecular flexibility index (Phi) is 5.71. The van der Waals surface area contributed by atoms with Gasteiger partial charge in [-0.25, -0.2) is 0 Å². The van der Waals surface area contributed by atoms with Gasteiger partial charge in [0, 0.05) is 24.2 Å². The molecular weight excluding hydrogens is 258 g/mol. The van der Waals surface area contributed by atoms with E-state index >= 15 is 0 Å². The highest BCUT2D eigenvalue weighted by atomic mass is 35.5. The molecule has 0 amide bonds. The molecule has 0 aliphatic heterocycles. The lowest BCUT2D eigenvalue weighted by molar-refractivity contribution is 0.327. The Morgan fingerprint density at radius 2 is 2.11 bits per heavy atom. The Morgan fingerprint density at radius 1 is 1.37 bits per heavy atom. The fourth-order valence-corrected chi connectivity index (χ4v) is 3.14. The van der Waals surface area contributed by atoms with Gasteiger partial charge in [-0.1, -0.05) is 19.3 Å². The highest BCUT2D eigenvalue weighted by Gasteiger charge is 2.16.